The zero-order chi connectivity index (χ0) is 11.3. The molecular formula is C10H9N5. The molecule has 0 aliphatic rings. The number of allylic oxidation sites excluding steroid dienone is 1. The minimum absolute atomic E-state index is 0.0160. The van der Waals surface area contributed by atoms with E-state index in [-0.39, 0.29) is 5.57 Å². The summed E-state index contributed by atoms with van der Waals surface area (Å²) in [7, 11) is 0. The number of nitrogens with zero attached hydrogens (tertiary/aromatic N) is 4. The fraction of sp³-hybridized carbons (Fsp3) is 0.200. The molecule has 1 rings (SSSR count). The van der Waals surface area contributed by atoms with Gasteiger partial charge in [0.25, 0.3) is 0 Å². The van der Waals surface area contributed by atoms with Crippen molar-refractivity contribution in [3.8, 4) is 12.1 Å². The van der Waals surface area contributed by atoms with Crippen molar-refractivity contribution in [3.05, 3.63) is 29.2 Å². The molecule has 0 saturated carbocycles. The number of aromatic nitrogens is 2. The van der Waals surface area contributed by atoms with Gasteiger partial charge >= 0.3 is 0 Å². The van der Waals surface area contributed by atoms with Gasteiger partial charge in [0.05, 0.1) is 0 Å². The van der Waals surface area contributed by atoms with E-state index in [0.29, 0.717) is 5.95 Å². The average molecular weight is 199 g/mol. The highest BCUT2D eigenvalue weighted by atomic mass is 15.1. The van der Waals surface area contributed by atoms with Crippen LogP contribution in [-0.2, 0) is 0 Å². The second-order valence-electron chi connectivity index (χ2n) is 2.90. The van der Waals surface area contributed by atoms with Crippen molar-refractivity contribution in [2.24, 2.45) is 0 Å². The van der Waals surface area contributed by atoms with E-state index in [1.54, 1.807) is 12.1 Å². The molecule has 1 N–H and O–H groups in total. The van der Waals surface area contributed by atoms with Gasteiger partial charge in [0.1, 0.15) is 17.7 Å². The SMILES string of the molecule is Cc1cc(C)nc(NC=C(C#N)C#N)n1. The molecule has 0 amide bonds. The topological polar surface area (TPSA) is 85.4 Å². The van der Waals surface area contributed by atoms with Crippen molar-refractivity contribution in [2.75, 3.05) is 5.32 Å². The molecule has 1 heterocycles. The van der Waals surface area contributed by atoms with E-state index in [9.17, 15) is 0 Å². The minimum atomic E-state index is -0.0160. The van der Waals surface area contributed by atoms with Gasteiger partial charge in [-0.05, 0) is 19.9 Å². The average Bonchev–Trinajstić information content (AvgIpc) is 2.18. The van der Waals surface area contributed by atoms with E-state index in [2.05, 4.69) is 15.3 Å². The zero-order valence-corrected chi connectivity index (χ0v) is 8.44. The first-order valence-corrected chi connectivity index (χ1v) is 4.25. The van der Waals surface area contributed by atoms with Crippen LogP contribution < -0.4 is 5.32 Å². The number of nitrogens with one attached hydrogen (secondary N) is 1. The van der Waals surface area contributed by atoms with Gasteiger partial charge in [-0.1, -0.05) is 0 Å². The molecule has 0 aromatic carbocycles. The first-order chi connectivity index (χ1) is 7.15. The molecule has 0 spiro atoms. The standard InChI is InChI=1S/C10H9N5/c1-7-3-8(2)15-10(14-7)13-6-9(4-11)5-12/h3,6H,1-2H3,(H,13,14,15). The Bertz CT molecular complexity index is 439. The van der Waals surface area contributed by atoms with Gasteiger partial charge in [-0.15, -0.1) is 0 Å². The molecule has 0 bridgehead atoms. The quantitative estimate of drug-likeness (QED) is 0.728. The third-order valence-electron chi connectivity index (χ3n) is 1.57. The Morgan fingerprint density at radius 3 is 2.27 bits per heavy atom. The molecule has 15 heavy (non-hydrogen) atoms. The Balaban J connectivity index is 2.88. The molecule has 5 heteroatoms. The largest absolute Gasteiger partial charge is 0.329 e. The van der Waals surface area contributed by atoms with Crippen LogP contribution in [0, 0.1) is 36.5 Å². The number of hydrogen-bond donors (Lipinski definition) is 1. The van der Waals surface area contributed by atoms with Gasteiger partial charge in [0.2, 0.25) is 5.95 Å². The van der Waals surface area contributed by atoms with Crippen LogP contribution in [0.3, 0.4) is 0 Å². The highest BCUT2D eigenvalue weighted by Crippen LogP contribution is 2.04. The second kappa shape index (κ2) is 4.73. The van der Waals surface area contributed by atoms with Crippen molar-refractivity contribution in [3.63, 3.8) is 0 Å². The van der Waals surface area contributed by atoms with E-state index < -0.39 is 0 Å². The molecule has 0 fully saturated rings. The molecule has 0 aliphatic carbocycles. The van der Waals surface area contributed by atoms with Gasteiger partial charge < -0.3 is 5.32 Å². The lowest BCUT2D eigenvalue weighted by Crippen LogP contribution is -1.99. The van der Waals surface area contributed by atoms with E-state index >= 15 is 0 Å². The molecule has 0 unspecified atom stereocenters. The Kier molecular flexibility index (Phi) is 3.37. The van der Waals surface area contributed by atoms with Gasteiger partial charge in [0.15, 0.2) is 0 Å². The molecule has 0 saturated heterocycles. The van der Waals surface area contributed by atoms with Crippen molar-refractivity contribution in [2.45, 2.75) is 13.8 Å². The summed E-state index contributed by atoms with van der Waals surface area (Å²) in [6.45, 7) is 3.69. The van der Waals surface area contributed by atoms with Gasteiger partial charge in [-0.2, -0.15) is 10.5 Å². The molecule has 74 valence electrons. The summed E-state index contributed by atoms with van der Waals surface area (Å²) >= 11 is 0. The summed E-state index contributed by atoms with van der Waals surface area (Å²) < 4.78 is 0. The Hall–Kier alpha value is -2.40. The summed E-state index contributed by atoms with van der Waals surface area (Å²) in [5.41, 5.74) is 1.64. The lowest BCUT2D eigenvalue weighted by Gasteiger charge is -2.01. The fourth-order valence-corrected chi connectivity index (χ4v) is 1.02. The highest BCUT2D eigenvalue weighted by Gasteiger charge is 1.97. The van der Waals surface area contributed by atoms with E-state index in [0.717, 1.165) is 11.4 Å². The lowest BCUT2D eigenvalue weighted by atomic mass is 10.3. The van der Waals surface area contributed by atoms with Crippen molar-refractivity contribution < 1.29 is 0 Å². The first kappa shape index (κ1) is 10.7. The second-order valence-corrected chi connectivity index (χ2v) is 2.90. The third kappa shape index (κ3) is 3.09. The molecule has 5 nitrogen and oxygen atoms in total. The predicted octanol–water partition coefficient (Wildman–Crippen LogP) is 1.44. The number of aryl methyl sites for hydroxylation is 2. The van der Waals surface area contributed by atoms with Crippen LogP contribution in [0.5, 0.6) is 0 Å². The first-order valence-electron chi connectivity index (χ1n) is 4.25. The monoisotopic (exact) mass is 199 g/mol. The van der Waals surface area contributed by atoms with Crippen LogP contribution in [0.1, 0.15) is 11.4 Å². The number of nitriles is 2. The maximum Gasteiger partial charge on any atom is 0.227 e. The summed E-state index contributed by atoms with van der Waals surface area (Å²) in [5, 5.41) is 19.7. The number of anilines is 1. The van der Waals surface area contributed by atoms with E-state index in [1.807, 2.05) is 19.9 Å². The molecule has 0 radical (unpaired) electrons. The third-order valence-corrected chi connectivity index (χ3v) is 1.57. The van der Waals surface area contributed by atoms with E-state index in [1.165, 1.54) is 6.20 Å². The summed E-state index contributed by atoms with van der Waals surface area (Å²) in [6.07, 6.45) is 1.29. The lowest BCUT2D eigenvalue weighted by molar-refractivity contribution is 1.06. The van der Waals surface area contributed by atoms with Crippen LogP contribution >= 0.6 is 0 Å². The minimum Gasteiger partial charge on any atom is -0.329 e. The summed E-state index contributed by atoms with van der Waals surface area (Å²) in [5.74, 6) is 0.385. The van der Waals surface area contributed by atoms with Crippen LogP contribution in [0.25, 0.3) is 0 Å². The molecule has 0 atom stereocenters. The number of rotatable bonds is 2. The molecule has 1 aromatic rings. The van der Waals surface area contributed by atoms with Crippen LogP contribution in [0.2, 0.25) is 0 Å². The van der Waals surface area contributed by atoms with Crippen molar-refractivity contribution in [1.82, 2.24) is 9.97 Å². The normalized spacial score (nSPS) is 8.53. The van der Waals surface area contributed by atoms with Crippen molar-refractivity contribution >= 4 is 5.95 Å². The molecule has 0 aliphatic heterocycles. The van der Waals surface area contributed by atoms with Crippen LogP contribution in [0.15, 0.2) is 17.8 Å². The van der Waals surface area contributed by atoms with Crippen LogP contribution in [-0.4, -0.2) is 9.97 Å². The number of hydrogen-bond acceptors (Lipinski definition) is 5. The maximum absolute atomic E-state index is 8.49. The highest BCUT2D eigenvalue weighted by molar-refractivity contribution is 5.41. The van der Waals surface area contributed by atoms with Gasteiger partial charge in [-0.25, -0.2) is 9.97 Å². The van der Waals surface area contributed by atoms with Gasteiger partial charge in [-0.3, -0.25) is 0 Å². The fourth-order valence-electron chi connectivity index (χ4n) is 1.02. The van der Waals surface area contributed by atoms with E-state index in [4.69, 9.17) is 10.5 Å². The molecular weight excluding hydrogens is 190 g/mol. The summed E-state index contributed by atoms with van der Waals surface area (Å²) in [6, 6.07) is 5.30. The Morgan fingerprint density at radius 1 is 1.27 bits per heavy atom. The van der Waals surface area contributed by atoms with Gasteiger partial charge in [0, 0.05) is 17.6 Å². The van der Waals surface area contributed by atoms with Crippen LogP contribution in [0.4, 0.5) is 5.95 Å². The Labute approximate surface area is 87.7 Å². The van der Waals surface area contributed by atoms with Crippen molar-refractivity contribution in [1.29, 1.82) is 10.5 Å². The summed E-state index contributed by atoms with van der Waals surface area (Å²) in [4.78, 5) is 8.18. The predicted molar refractivity (Wildman–Crippen MR) is 54.4 cm³/mol. The maximum atomic E-state index is 8.49. The zero-order valence-electron chi connectivity index (χ0n) is 8.44. The Morgan fingerprint density at radius 2 is 1.80 bits per heavy atom. The molecule has 1 aromatic heterocycles. The smallest absolute Gasteiger partial charge is 0.227 e.